The molecular formula is C17H19N3O. The lowest BCUT2D eigenvalue weighted by atomic mass is 10.2. The van der Waals surface area contributed by atoms with Gasteiger partial charge in [-0.05, 0) is 30.2 Å². The van der Waals surface area contributed by atoms with E-state index in [4.69, 9.17) is 0 Å². The number of benzene rings is 2. The number of para-hydroxylation sites is 2. The number of nitrogens with one attached hydrogen (secondary N) is 2. The van der Waals surface area contributed by atoms with Crippen LogP contribution in [0.25, 0.3) is 0 Å². The Morgan fingerprint density at radius 2 is 1.81 bits per heavy atom. The number of nitrogens with zero attached hydrogens (tertiary/aromatic N) is 1. The zero-order valence-corrected chi connectivity index (χ0v) is 11.9. The summed E-state index contributed by atoms with van der Waals surface area (Å²) >= 11 is 0. The number of anilines is 2. The molecule has 2 aromatic rings. The minimum Gasteiger partial charge on any atom is -0.369 e. The van der Waals surface area contributed by atoms with Gasteiger partial charge in [0.1, 0.15) is 0 Å². The lowest BCUT2D eigenvalue weighted by molar-refractivity contribution is 0.252. The molecule has 0 atom stereocenters. The number of fused-ring (bicyclic) bond motifs is 1. The molecule has 1 aliphatic heterocycles. The van der Waals surface area contributed by atoms with Crippen molar-refractivity contribution in [2.45, 2.75) is 6.42 Å². The van der Waals surface area contributed by atoms with Gasteiger partial charge < -0.3 is 15.5 Å². The molecule has 2 N–H and O–H groups in total. The first-order valence-electron chi connectivity index (χ1n) is 7.26. The molecule has 21 heavy (non-hydrogen) atoms. The standard InChI is InChI=1S/C17H19N3O/c21-17(19-15-7-2-1-3-8-15)18-11-13-20-12-10-14-6-4-5-9-16(14)20/h1-9H,10-13H2,(H2,18,19,21). The summed E-state index contributed by atoms with van der Waals surface area (Å²) in [7, 11) is 0. The highest BCUT2D eigenvalue weighted by Gasteiger charge is 2.17. The first kappa shape index (κ1) is 13.5. The van der Waals surface area contributed by atoms with Crippen LogP contribution in [0.3, 0.4) is 0 Å². The van der Waals surface area contributed by atoms with Crippen molar-refractivity contribution in [3.8, 4) is 0 Å². The molecule has 0 unspecified atom stereocenters. The lowest BCUT2D eigenvalue weighted by Gasteiger charge is -2.19. The zero-order valence-electron chi connectivity index (χ0n) is 11.9. The van der Waals surface area contributed by atoms with Gasteiger partial charge in [0.05, 0.1) is 0 Å². The molecule has 2 aromatic carbocycles. The van der Waals surface area contributed by atoms with Crippen molar-refractivity contribution >= 4 is 17.4 Å². The molecule has 0 saturated carbocycles. The van der Waals surface area contributed by atoms with E-state index in [-0.39, 0.29) is 6.03 Å². The number of urea groups is 1. The smallest absolute Gasteiger partial charge is 0.319 e. The second-order valence-corrected chi connectivity index (χ2v) is 5.11. The molecule has 0 bridgehead atoms. The van der Waals surface area contributed by atoms with Gasteiger partial charge in [0.25, 0.3) is 0 Å². The van der Waals surface area contributed by atoms with Gasteiger partial charge in [-0.3, -0.25) is 0 Å². The van der Waals surface area contributed by atoms with Crippen LogP contribution in [0.2, 0.25) is 0 Å². The van der Waals surface area contributed by atoms with E-state index in [2.05, 4.69) is 39.8 Å². The highest BCUT2D eigenvalue weighted by atomic mass is 16.2. The summed E-state index contributed by atoms with van der Waals surface area (Å²) in [6.07, 6.45) is 1.09. The molecule has 0 aromatic heterocycles. The van der Waals surface area contributed by atoms with Gasteiger partial charge in [-0.2, -0.15) is 0 Å². The van der Waals surface area contributed by atoms with Gasteiger partial charge in [0.15, 0.2) is 0 Å². The number of hydrogen-bond donors (Lipinski definition) is 2. The zero-order chi connectivity index (χ0) is 14.5. The number of hydrogen-bond acceptors (Lipinski definition) is 2. The molecule has 2 amide bonds. The monoisotopic (exact) mass is 281 g/mol. The van der Waals surface area contributed by atoms with E-state index in [0.29, 0.717) is 6.54 Å². The Morgan fingerprint density at radius 3 is 2.67 bits per heavy atom. The van der Waals surface area contributed by atoms with E-state index in [9.17, 15) is 4.79 Å². The average molecular weight is 281 g/mol. The van der Waals surface area contributed by atoms with Gasteiger partial charge in [0, 0.05) is 31.0 Å². The van der Waals surface area contributed by atoms with E-state index in [1.165, 1.54) is 11.3 Å². The normalized spacial score (nSPS) is 12.9. The Labute approximate surface area is 124 Å². The summed E-state index contributed by atoms with van der Waals surface area (Å²) in [6.45, 7) is 2.49. The number of amides is 2. The molecule has 1 heterocycles. The summed E-state index contributed by atoms with van der Waals surface area (Å²) in [4.78, 5) is 14.1. The summed E-state index contributed by atoms with van der Waals surface area (Å²) in [5.41, 5.74) is 3.50. The largest absolute Gasteiger partial charge is 0.369 e. The Hall–Kier alpha value is -2.49. The fraction of sp³-hybridized carbons (Fsp3) is 0.235. The van der Waals surface area contributed by atoms with E-state index in [1.807, 2.05) is 30.3 Å². The summed E-state index contributed by atoms with van der Waals surface area (Å²) in [5, 5.41) is 5.72. The predicted molar refractivity (Wildman–Crippen MR) is 85.8 cm³/mol. The molecular weight excluding hydrogens is 262 g/mol. The molecule has 4 nitrogen and oxygen atoms in total. The maximum atomic E-state index is 11.8. The molecule has 0 saturated heterocycles. The highest BCUT2D eigenvalue weighted by Crippen LogP contribution is 2.26. The Bertz CT molecular complexity index is 612. The average Bonchev–Trinajstić information content (AvgIpc) is 2.92. The minimum absolute atomic E-state index is 0.159. The third-order valence-corrected chi connectivity index (χ3v) is 3.68. The lowest BCUT2D eigenvalue weighted by Crippen LogP contribution is -2.36. The van der Waals surface area contributed by atoms with E-state index in [0.717, 1.165) is 25.2 Å². The molecule has 4 heteroatoms. The Morgan fingerprint density at radius 1 is 1.05 bits per heavy atom. The van der Waals surface area contributed by atoms with E-state index >= 15 is 0 Å². The van der Waals surface area contributed by atoms with E-state index in [1.54, 1.807) is 0 Å². The number of rotatable bonds is 4. The first-order chi connectivity index (χ1) is 10.3. The molecule has 0 aliphatic carbocycles. The van der Waals surface area contributed by atoms with Gasteiger partial charge in [-0.25, -0.2) is 4.79 Å². The quantitative estimate of drug-likeness (QED) is 0.905. The van der Waals surface area contributed by atoms with Crippen molar-refractivity contribution < 1.29 is 4.79 Å². The molecule has 1 aliphatic rings. The van der Waals surface area contributed by atoms with Crippen LogP contribution in [0.1, 0.15) is 5.56 Å². The number of carbonyl (C=O) groups excluding carboxylic acids is 1. The maximum absolute atomic E-state index is 11.8. The van der Waals surface area contributed by atoms with Crippen molar-refractivity contribution in [3.05, 3.63) is 60.2 Å². The van der Waals surface area contributed by atoms with Crippen LogP contribution in [-0.2, 0) is 6.42 Å². The minimum atomic E-state index is -0.159. The van der Waals surface area contributed by atoms with Gasteiger partial charge in [-0.1, -0.05) is 36.4 Å². The van der Waals surface area contributed by atoms with Crippen LogP contribution in [0.4, 0.5) is 16.2 Å². The van der Waals surface area contributed by atoms with E-state index < -0.39 is 0 Å². The molecule has 0 spiro atoms. The topological polar surface area (TPSA) is 44.4 Å². The third kappa shape index (κ3) is 3.34. The van der Waals surface area contributed by atoms with Crippen LogP contribution in [0.15, 0.2) is 54.6 Å². The summed E-state index contributed by atoms with van der Waals surface area (Å²) in [6, 6.07) is 17.8. The Kier molecular flexibility index (Phi) is 4.05. The van der Waals surface area contributed by atoms with Crippen LogP contribution in [-0.4, -0.2) is 25.7 Å². The van der Waals surface area contributed by atoms with Crippen LogP contribution in [0.5, 0.6) is 0 Å². The summed E-state index contributed by atoms with van der Waals surface area (Å²) in [5.74, 6) is 0. The van der Waals surface area contributed by atoms with Crippen molar-refractivity contribution in [2.24, 2.45) is 0 Å². The molecule has 0 radical (unpaired) electrons. The second-order valence-electron chi connectivity index (χ2n) is 5.11. The van der Waals surface area contributed by atoms with Crippen molar-refractivity contribution in [1.82, 2.24) is 5.32 Å². The number of carbonyl (C=O) groups is 1. The molecule has 108 valence electrons. The van der Waals surface area contributed by atoms with Crippen LogP contribution < -0.4 is 15.5 Å². The fourth-order valence-corrected chi connectivity index (χ4v) is 2.64. The SMILES string of the molecule is O=C(NCCN1CCc2ccccc21)Nc1ccccc1. The Balaban J connectivity index is 1.46. The van der Waals surface area contributed by atoms with Crippen LogP contribution in [0, 0.1) is 0 Å². The second kappa shape index (κ2) is 6.31. The first-order valence-corrected chi connectivity index (χ1v) is 7.26. The molecule has 0 fully saturated rings. The van der Waals surface area contributed by atoms with Crippen molar-refractivity contribution in [2.75, 3.05) is 29.9 Å². The van der Waals surface area contributed by atoms with Gasteiger partial charge in [-0.15, -0.1) is 0 Å². The summed E-state index contributed by atoms with van der Waals surface area (Å²) < 4.78 is 0. The van der Waals surface area contributed by atoms with Crippen molar-refractivity contribution in [1.29, 1.82) is 0 Å². The molecule has 3 rings (SSSR count). The third-order valence-electron chi connectivity index (χ3n) is 3.68. The van der Waals surface area contributed by atoms with Gasteiger partial charge in [0.2, 0.25) is 0 Å². The van der Waals surface area contributed by atoms with Crippen molar-refractivity contribution in [3.63, 3.8) is 0 Å². The predicted octanol–water partition coefficient (Wildman–Crippen LogP) is 2.87. The van der Waals surface area contributed by atoms with Crippen LogP contribution >= 0.6 is 0 Å². The maximum Gasteiger partial charge on any atom is 0.319 e. The highest BCUT2D eigenvalue weighted by molar-refractivity contribution is 5.89. The fourth-order valence-electron chi connectivity index (χ4n) is 2.64. The van der Waals surface area contributed by atoms with Gasteiger partial charge >= 0.3 is 6.03 Å².